The Balaban J connectivity index is 2.18. The van der Waals surface area contributed by atoms with Crippen molar-refractivity contribution < 1.29 is 18.3 Å². The number of rotatable bonds is 2. The van der Waals surface area contributed by atoms with Crippen LogP contribution >= 0.6 is 0 Å². The molecule has 0 aliphatic carbocycles. The summed E-state index contributed by atoms with van der Waals surface area (Å²) in [6, 6.07) is 3.06. The first kappa shape index (κ1) is 11.2. The molecule has 1 saturated heterocycles. The zero-order chi connectivity index (χ0) is 11.5. The monoisotopic (exact) mass is 226 g/mol. The fraction of sp³-hybridized carbons (Fsp3) is 0.333. The van der Waals surface area contributed by atoms with Gasteiger partial charge in [0.05, 0.1) is 13.2 Å². The van der Waals surface area contributed by atoms with E-state index in [1.54, 1.807) is 6.08 Å². The minimum absolute atomic E-state index is 0.196. The number of benzene rings is 1. The molecule has 1 aromatic carbocycles. The molecule has 2 rings (SSSR count). The van der Waals surface area contributed by atoms with Gasteiger partial charge < -0.3 is 9.47 Å². The van der Waals surface area contributed by atoms with E-state index in [2.05, 4.69) is 0 Å². The van der Waals surface area contributed by atoms with Crippen LogP contribution in [0, 0.1) is 18.6 Å². The SMILES string of the molecule is Cc1ccc(C=CC2OCCO2)c(F)c1F. The van der Waals surface area contributed by atoms with Gasteiger partial charge in [0.25, 0.3) is 0 Å². The highest BCUT2D eigenvalue weighted by atomic mass is 19.2. The van der Waals surface area contributed by atoms with Gasteiger partial charge in [-0.25, -0.2) is 8.78 Å². The third-order valence-electron chi connectivity index (χ3n) is 2.39. The summed E-state index contributed by atoms with van der Waals surface area (Å²) >= 11 is 0. The lowest BCUT2D eigenvalue weighted by Gasteiger charge is -2.04. The van der Waals surface area contributed by atoms with Crippen molar-refractivity contribution in [1.82, 2.24) is 0 Å². The smallest absolute Gasteiger partial charge is 0.177 e. The summed E-state index contributed by atoms with van der Waals surface area (Å²) in [5.41, 5.74) is 0.491. The zero-order valence-electron chi connectivity index (χ0n) is 8.87. The number of halogens is 2. The van der Waals surface area contributed by atoms with E-state index in [-0.39, 0.29) is 5.56 Å². The van der Waals surface area contributed by atoms with Crippen molar-refractivity contribution in [1.29, 1.82) is 0 Å². The molecule has 0 amide bonds. The van der Waals surface area contributed by atoms with Gasteiger partial charge in [-0.1, -0.05) is 18.2 Å². The molecular weight excluding hydrogens is 214 g/mol. The van der Waals surface area contributed by atoms with Crippen molar-refractivity contribution in [3.63, 3.8) is 0 Å². The minimum Gasteiger partial charge on any atom is -0.347 e. The number of hydrogen-bond acceptors (Lipinski definition) is 2. The third-order valence-corrected chi connectivity index (χ3v) is 2.39. The Kier molecular flexibility index (Phi) is 3.31. The number of hydrogen-bond donors (Lipinski definition) is 0. The third kappa shape index (κ3) is 2.28. The highest BCUT2D eigenvalue weighted by Gasteiger charge is 2.13. The molecule has 0 spiro atoms. The first-order chi connectivity index (χ1) is 7.68. The van der Waals surface area contributed by atoms with Crippen molar-refractivity contribution in [3.8, 4) is 0 Å². The quantitative estimate of drug-likeness (QED) is 0.771. The molecule has 0 aromatic heterocycles. The Morgan fingerprint density at radius 3 is 2.56 bits per heavy atom. The summed E-state index contributed by atoms with van der Waals surface area (Å²) in [4.78, 5) is 0. The second kappa shape index (κ2) is 4.72. The van der Waals surface area contributed by atoms with Crippen LogP contribution in [-0.4, -0.2) is 19.5 Å². The Hall–Kier alpha value is -1.26. The van der Waals surface area contributed by atoms with E-state index in [1.165, 1.54) is 25.1 Å². The molecule has 2 nitrogen and oxygen atoms in total. The molecule has 0 saturated carbocycles. The maximum atomic E-state index is 13.4. The highest BCUT2D eigenvalue weighted by Crippen LogP contribution is 2.17. The first-order valence-electron chi connectivity index (χ1n) is 5.04. The van der Waals surface area contributed by atoms with Crippen LogP contribution in [0.1, 0.15) is 11.1 Å². The standard InChI is InChI=1S/C12H12F2O2/c1-8-2-3-9(12(14)11(8)13)4-5-10-15-6-7-16-10/h2-5,10H,6-7H2,1H3. The fourth-order valence-electron chi connectivity index (χ4n) is 1.46. The van der Waals surface area contributed by atoms with Gasteiger partial charge in [-0.2, -0.15) is 0 Å². The van der Waals surface area contributed by atoms with Crippen LogP contribution in [0.2, 0.25) is 0 Å². The zero-order valence-corrected chi connectivity index (χ0v) is 8.87. The fourth-order valence-corrected chi connectivity index (χ4v) is 1.46. The molecular formula is C12H12F2O2. The summed E-state index contributed by atoms with van der Waals surface area (Å²) in [5, 5.41) is 0. The first-order valence-corrected chi connectivity index (χ1v) is 5.04. The van der Waals surface area contributed by atoms with E-state index in [0.29, 0.717) is 18.8 Å². The van der Waals surface area contributed by atoms with E-state index in [0.717, 1.165) is 0 Å². The average Bonchev–Trinajstić information content (AvgIpc) is 2.78. The van der Waals surface area contributed by atoms with Gasteiger partial charge in [0, 0.05) is 5.56 Å². The molecule has 4 heteroatoms. The predicted octanol–water partition coefficient (Wildman–Crippen LogP) is 2.66. The van der Waals surface area contributed by atoms with E-state index in [4.69, 9.17) is 9.47 Å². The van der Waals surface area contributed by atoms with E-state index >= 15 is 0 Å². The van der Waals surface area contributed by atoms with Gasteiger partial charge >= 0.3 is 0 Å². The molecule has 0 atom stereocenters. The summed E-state index contributed by atoms with van der Waals surface area (Å²) < 4.78 is 36.9. The summed E-state index contributed by atoms with van der Waals surface area (Å²) in [6.07, 6.45) is 2.58. The van der Waals surface area contributed by atoms with Crippen LogP contribution in [-0.2, 0) is 9.47 Å². The lowest BCUT2D eigenvalue weighted by atomic mass is 10.1. The molecule has 1 aliphatic rings. The van der Waals surface area contributed by atoms with Crippen LogP contribution in [0.5, 0.6) is 0 Å². The van der Waals surface area contributed by atoms with E-state index < -0.39 is 17.9 Å². The number of aryl methyl sites for hydroxylation is 1. The van der Waals surface area contributed by atoms with Crippen LogP contribution < -0.4 is 0 Å². The Bertz CT molecular complexity index is 410. The average molecular weight is 226 g/mol. The van der Waals surface area contributed by atoms with Crippen LogP contribution in [0.3, 0.4) is 0 Å². The number of ether oxygens (including phenoxy) is 2. The molecule has 1 aliphatic heterocycles. The minimum atomic E-state index is -0.839. The Morgan fingerprint density at radius 2 is 1.88 bits per heavy atom. The van der Waals surface area contributed by atoms with Gasteiger partial charge in [-0.05, 0) is 18.6 Å². The summed E-state index contributed by atoms with van der Waals surface area (Å²) in [5.74, 6) is -1.65. The normalized spacial score (nSPS) is 17.4. The molecule has 1 fully saturated rings. The maximum Gasteiger partial charge on any atom is 0.177 e. The van der Waals surface area contributed by atoms with E-state index in [9.17, 15) is 8.78 Å². The summed E-state index contributed by atoms with van der Waals surface area (Å²) in [6.45, 7) is 2.58. The molecule has 16 heavy (non-hydrogen) atoms. The Labute approximate surface area is 92.5 Å². The Morgan fingerprint density at radius 1 is 1.19 bits per heavy atom. The van der Waals surface area contributed by atoms with Gasteiger partial charge in [0.2, 0.25) is 0 Å². The largest absolute Gasteiger partial charge is 0.347 e. The van der Waals surface area contributed by atoms with Crippen molar-refractivity contribution in [2.75, 3.05) is 13.2 Å². The highest BCUT2D eigenvalue weighted by molar-refractivity contribution is 5.51. The van der Waals surface area contributed by atoms with Gasteiger partial charge in [0.15, 0.2) is 17.9 Å². The van der Waals surface area contributed by atoms with E-state index in [1.807, 2.05) is 0 Å². The molecule has 0 bridgehead atoms. The lowest BCUT2D eigenvalue weighted by molar-refractivity contribution is -0.000914. The van der Waals surface area contributed by atoms with Gasteiger partial charge in [-0.15, -0.1) is 0 Å². The van der Waals surface area contributed by atoms with Gasteiger partial charge in [0.1, 0.15) is 0 Å². The predicted molar refractivity (Wildman–Crippen MR) is 55.8 cm³/mol. The van der Waals surface area contributed by atoms with Gasteiger partial charge in [-0.3, -0.25) is 0 Å². The molecule has 86 valence electrons. The van der Waals surface area contributed by atoms with Crippen molar-refractivity contribution >= 4 is 6.08 Å². The van der Waals surface area contributed by atoms with Crippen LogP contribution in [0.4, 0.5) is 8.78 Å². The van der Waals surface area contributed by atoms with Crippen molar-refractivity contribution in [3.05, 3.63) is 41.0 Å². The molecule has 1 aromatic rings. The second-order valence-electron chi connectivity index (χ2n) is 3.57. The van der Waals surface area contributed by atoms with Crippen molar-refractivity contribution in [2.24, 2.45) is 0 Å². The second-order valence-corrected chi connectivity index (χ2v) is 3.57. The van der Waals surface area contributed by atoms with Crippen LogP contribution in [0.15, 0.2) is 18.2 Å². The maximum absolute atomic E-state index is 13.4. The van der Waals surface area contributed by atoms with Crippen molar-refractivity contribution in [2.45, 2.75) is 13.2 Å². The van der Waals surface area contributed by atoms with Crippen LogP contribution in [0.25, 0.3) is 6.08 Å². The molecule has 0 N–H and O–H groups in total. The molecule has 0 radical (unpaired) electrons. The molecule has 0 unspecified atom stereocenters. The summed E-state index contributed by atoms with van der Waals surface area (Å²) in [7, 11) is 0. The topological polar surface area (TPSA) is 18.5 Å². The molecule has 1 heterocycles. The lowest BCUT2D eigenvalue weighted by Crippen LogP contribution is -2.02.